The first-order valence-corrected chi connectivity index (χ1v) is 8.53. The molecule has 0 spiro atoms. The minimum atomic E-state index is -0.0679. The average molecular weight is 350 g/mol. The number of carbonyl (C=O) groups is 1. The molecule has 1 rings (SSSR count). The van der Waals surface area contributed by atoms with Crippen LogP contribution in [0.25, 0.3) is 0 Å². The zero-order chi connectivity index (χ0) is 18.3. The first kappa shape index (κ1) is 20.9. The molecule has 0 atom stereocenters. The standard InChI is InChI=1S/C18H30N4O3/c1-15-6-4-7-16(14-15)17(23)20-9-10-22-18(19-2)21-8-5-11-25-13-12-24-3/h4,6-7,14H,5,8-13H2,1-3H3,(H,20,23)(H2,19,21,22). The normalized spacial score (nSPS) is 11.2. The largest absolute Gasteiger partial charge is 0.382 e. The van der Waals surface area contributed by atoms with Gasteiger partial charge in [-0.05, 0) is 25.5 Å². The van der Waals surface area contributed by atoms with Gasteiger partial charge in [0.15, 0.2) is 5.96 Å². The average Bonchev–Trinajstić information content (AvgIpc) is 2.62. The van der Waals surface area contributed by atoms with Gasteiger partial charge in [-0.1, -0.05) is 17.7 Å². The van der Waals surface area contributed by atoms with Crippen molar-refractivity contribution in [3.8, 4) is 0 Å². The third-order valence-electron chi connectivity index (χ3n) is 3.40. The Labute approximate surface area is 150 Å². The highest BCUT2D eigenvalue weighted by Gasteiger charge is 2.04. The van der Waals surface area contributed by atoms with Gasteiger partial charge in [-0.3, -0.25) is 9.79 Å². The van der Waals surface area contributed by atoms with Crippen molar-refractivity contribution in [2.75, 3.05) is 53.6 Å². The molecule has 0 radical (unpaired) electrons. The molecule has 0 saturated carbocycles. The Balaban J connectivity index is 2.11. The van der Waals surface area contributed by atoms with Crippen molar-refractivity contribution in [1.29, 1.82) is 0 Å². The van der Waals surface area contributed by atoms with Crippen molar-refractivity contribution >= 4 is 11.9 Å². The molecule has 7 heteroatoms. The molecule has 7 nitrogen and oxygen atoms in total. The summed E-state index contributed by atoms with van der Waals surface area (Å²) in [6.07, 6.45) is 0.883. The van der Waals surface area contributed by atoms with Crippen LogP contribution in [0.5, 0.6) is 0 Å². The maximum atomic E-state index is 12.0. The van der Waals surface area contributed by atoms with Crippen molar-refractivity contribution < 1.29 is 14.3 Å². The molecule has 0 heterocycles. The van der Waals surface area contributed by atoms with E-state index < -0.39 is 0 Å². The SMILES string of the molecule is CN=C(NCCCOCCOC)NCCNC(=O)c1cccc(C)c1. The van der Waals surface area contributed by atoms with Gasteiger partial charge in [0.2, 0.25) is 0 Å². The zero-order valence-electron chi connectivity index (χ0n) is 15.4. The van der Waals surface area contributed by atoms with Crippen LogP contribution < -0.4 is 16.0 Å². The van der Waals surface area contributed by atoms with E-state index >= 15 is 0 Å². The van der Waals surface area contributed by atoms with E-state index in [1.807, 2.05) is 31.2 Å². The maximum absolute atomic E-state index is 12.0. The summed E-state index contributed by atoms with van der Waals surface area (Å²) in [6, 6.07) is 7.53. The number of hydrogen-bond donors (Lipinski definition) is 3. The van der Waals surface area contributed by atoms with Crippen LogP contribution in [-0.4, -0.2) is 65.5 Å². The van der Waals surface area contributed by atoms with Gasteiger partial charge in [0.1, 0.15) is 0 Å². The van der Waals surface area contributed by atoms with Gasteiger partial charge in [-0.2, -0.15) is 0 Å². The van der Waals surface area contributed by atoms with Crippen molar-refractivity contribution in [2.45, 2.75) is 13.3 Å². The van der Waals surface area contributed by atoms with E-state index in [4.69, 9.17) is 9.47 Å². The number of amides is 1. The number of rotatable bonds is 11. The van der Waals surface area contributed by atoms with Crippen molar-refractivity contribution in [3.05, 3.63) is 35.4 Å². The van der Waals surface area contributed by atoms with E-state index in [-0.39, 0.29) is 5.91 Å². The highest BCUT2D eigenvalue weighted by molar-refractivity contribution is 5.94. The lowest BCUT2D eigenvalue weighted by molar-refractivity contribution is 0.0698. The summed E-state index contributed by atoms with van der Waals surface area (Å²) < 4.78 is 10.3. The Morgan fingerprint density at radius 1 is 1.08 bits per heavy atom. The summed E-state index contributed by atoms with van der Waals surface area (Å²) in [5.41, 5.74) is 1.75. The van der Waals surface area contributed by atoms with E-state index in [0.29, 0.717) is 44.4 Å². The smallest absolute Gasteiger partial charge is 0.251 e. The Morgan fingerprint density at radius 3 is 2.56 bits per heavy atom. The van der Waals surface area contributed by atoms with Crippen LogP contribution >= 0.6 is 0 Å². The Bertz CT molecular complexity index is 535. The second kappa shape index (κ2) is 13.2. The fraction of sp³-hybridized carbons (Fsp3) is 0.556. The lowest BCUT2D eigenvalue weighted by atomic mass is 10.1. The quantitative estimate of drug-likeness (QED) is 0.314. The highest BCUT2D eigenvalue weighted by Crippen LogP contribution is 2.03. The van der Waals surface area contributed by atoms with E-state index in [0.717, 1.165) is 18.5 Å². The predicted molar refractivity (Wildman–Crippen MR) is 100 cm³/mol. The monoisotopic (exact) mass is 350 g/mol. The molecule has 3 N–H and O–H groups in total. The highest BCUT2D eigenvalue weighted by atomic mass is 16.5. The molecule has 0 aliphatic carbocycles. The van der Waals surface area contributed by atoms with Crippen molar-refractivity contribution in [1.82, 2.24) is 16.0 Å². The molecule has 1 aromatic carbocycles. The first-order chi connectivity index (χ1) is 12.2. The molecule has 0 unspecified atom stereocenters. The fourth-order valence-corrected chi connectivity index (χ4v) is 2.09. The zero-order valence-corrected chi connectivity index (χ0v) is 15.4. The first-order valence-electron chi connectivity index (χ1n) is 8.53. The summed E-state index contributed by atoms with van der Waals surface area (Å²) in [5.74, 6) is 0.642. The molecule has 140 valence electrons. The molecular weight excluding hydrogens is 320 g/mol. The van der Waals surface area contributed by atoms with E-state index in [9.17, 15) is 4.79 Å². The van der Waals surface area contributed by atoms with Crippen LogP contribution in [0.2, 0.25) is 0 Å². The number of nitrogens with zero attached hydrogens (tertiary/aromatic N) is 1. The fourth-order valence-electron chi connectivity index (χ4n) is 2.09. The Kier molecular flexibility index (Phi) is 11.0. The van der Waals surface area contributed by atoms with Gasteiger partial charge < -0.3 is 25.4 Å². The molecular formula is C18H30N4O3. The number of methoxy groups -OCH3 is 1. The number of carbonyl (C=O) groups excluding carboxylic acids is 1. The Morgan fingerprint density at radius 2 is 1.84 bits per heavy atom. The molecule has 0 saturated heterocycles. The third-order valence-corrected chi connectivity index (χ3v) is 3.40. The predicted octanol–water partition coefficient (Wildman–Crippen LogP) is 0.943. The molecule has 0 aromatic heterocycles. The lowest BCUT2D eigenvalue weighted by Crippen LogP contribution is -2.42. The van der Waals surface area contributed by atoms with Gasteiger partial charge in [-0.25, -0.2) is 0 Å². The molecule has 25 heavy (non-hydrogen) atoms. The maximum Gasteiger partial charge on any atom is 0.251 e. The van der Waals surface area contributed by atoms with Crippen LogP contribution in [0.1, 0.15) is 22.3 Å². The van der Waals surface area contributed by atoms with Gasteiger partial charge >= 0.3 is 0 Å². The Hall–Kier alpha value is -2.12. The minimum absolute atomic E-state index is 0.0679. The van der Waals surface area contributed by atoms with Crippen LogP contribution in [-0.2, 0) is 9.47 Å². The summed E-state index contributed by atoms with van der Waals surface area (Å²) in [5, 5.41) is 9.25. The number of ether oxygens (including phenoxy) is 2. The molecule has 1 aromatic rings. The summed E-state index contributed by atoms with van der Waals surface area (Å²) >= 11 is 0. The van der Waals surface area contributed by atoms with E-state index in [2.05, 4.69) is 20.9 Å². The van der Waals surface area contributed by atoms with Crippen LogP contribution in [0, 0.1) is 6.92 Å². The molecule has 0 bridgehead atoms. The topological polar surface area (TPSA) is 84.0 Å². The van der Waals surface area contributed by atoms with Crippen LogP contribution in [0.3, 0.4) is 0 Å². The second-order valence-electron chi connectivity index (χ2n) is 5.51. The summed E-state index contributed by atoms with van der Waals surface area (Å²) in [7, 11) is 3.37. The second-order valence-corrected chi connectivity index (χ2v) is 5.51. The molecule has 0 aliphatic rings. The van der Waals surface area contributed by atoms with Gasteiger partial charge in [0.25, 0.3) is 5.91 Å². The summed E-state index contributed by atoms with van der Waals surface area (Å²) in [6.45, 7) is 5.77. The number of hydrogen-bond acceptors (Lipinski definition) is 4. The van der Waals surface area contributed by atoms with E-state index in [1.165, 1.54) is 0 Å². The van der Waals surface area contributed by atoms with Gasteiger partial charge in [-0.15, -0.1) is 0 Å². The van der Waals surface area contributed by atoms with E-state index in [1.54, 1.807) is 14.2 Å². The molecule has 0 aliphatic heterocycles. The number of nitrogens with one attached hydrogen (secondary N) is 3. The van der Waals surface area contributed by atoms with Gasteiger partial charge in [0, 0.05) is 46.0 Å². The molecule has 1 amide bonds. The number of aliphatic imine (C=N–C) groups is 1. The number of aryl methyl sites for hydroxylation is 1. The van der Waals surface area contributed by atoms with Crippen molar-refractivity contribution in [3.63, 3.8) is 0 Å². The van der Waals surface area contributed by atoms with Crippen LogP contribution in [0.15, 0.2) is 29.3 Å². The lowest BCUT2D eigenvalue weighted by Gasteiger charge is -2.12. The van der Waals surface area contributed by atoms with Crippen molar-refractivity contribution in [2.24, 2.45) is 4.99 Å². The van der Waals surface area contributed by atoms with Gasteiger partial charge in [0.05, 0.1) is 13.2 Å². The molecule has 0 fully saturated rings. The number of benzene rings is 1. The number of guanidine groups is 1. The van der Waals surface area contributed by atoms with Crippen LogP contribution in [0.4, 0.5) is 0 Å². The third kappa shape index (κ3) is 9.69. The minimum Gasteiger partial charge on any atom is -0.382 e. The summed E-state index contributed by atoms with van der Waals surface area (Å²) in [4.78, 5) is 16.2.